The Balaban J connectivity index is 2.21. The lowest BCUT2D eigenvalue weighted by atomic mass is 10.2. The van der Waals surface area contributed by atoms with Crippen LogP contribution in [0.5, 0.6) is 0 Å². The predicted molar refractivity (Wildman–Crippen MR) is 72.0 cm³/mol. The van der Waals surface area contributed by atoms with Gasteiger partial charge in [0.1, 0.15) is 0 Å². The molecule has 98 valence electrons. The fraction of sp³-hybridized carbons (Fsp3) is 0.545. The molecule has 0 spiro atoms. The van der Waals surface area contributed by atoms with Crippen molar-refractivity contribution in [2.24, 2.45) is 12.8 Å². The van der Waals surface area contributed by atoms with Crippen molar-refractivity contribution in [3.63, 3.8) is 0 Å². The van der Waals surface area contributed by atoms with E-state index in [4.69, 9.17) is 5.73 Å². The minimum Gasteiger partial charge on any atom is -0.323 e. The van der Waals surface area contributed by atoms with Crippen molar-refractivity contribution in [1.29, 1.82) is 0 Å². The molecule has 2 aromatic heterocycles. The van der Waals surface area contributed by atoms with Gasteiger partial charge in [0, 0.05) is 7.05 Å². The fourth-order valence-electron chi connectivity index (χ4n) is 1.78. The van der Waals surface area contributed by atoms with Crippen molar-refractivity contribution in [2.75, 3.05) is 0 Å². The molecule has 7 heteroatoms. The Morgan fingerprint density at radius 1 is 1.50 bits per heavy atom. The summed E-state index contributed by atoms with van der Waals surface area (Å²) in [4.78, 5) is 0. The van der Waals surface area contributed by atoms with Crippen LogP contribution in [0.3, 0.4) is 0 Å². The molecule has 2 N–H and O–H groups in total. The monoisotopic (exact) mass is 312 g/mol. The molecular formula is C11H17BrN6. The van der Waals surface area contributed by atoms with E-state index >= 15 is 0 Å². The minimum absolute atomic E-state index is 0.0459. The van der Waals surface area contributed by atoms with Crippen LogP contribution in [-0.2, 0) is 13.6 Å². The fourth-order valence-corrected chi connectivity index (χ4v) is 2.24. The van der Waals surface area contributed by atoms with Gasteiger partial charge in [-0.1, -0.05) is 12.1 Å². The van der Waals surface area contributed by atoms with E-state index in [9.17, 15) is 0 Å². The molecule has 0 saturated carbocycles. The van der Waals surface area contributed by atoms with E-state index in [1.807, 2.05) is 31.8 Å². The summed E-state index contributed by atoms with van der Waals surface area (Å²) in [5, 5.41) is 12.5. The third-order valence-corrected chi connectivity index (χ3v) is 3.98. The summed E-state index contributed by atoms with van der Waals surface area (Å²) in [6.07, 6.45) is 2.75. The molecule has 18 heavy (non-hydrogen) atoms. The second-order valence-electron chi connectivity index (χ2n) is 4.33. The summed E-state index contributed by atoms with van der Waals surface area (Å²) in [6, 6.07) is -0.0459. The molecule has 0 aliphatic carbocycles. The maximum absolute atomic E-state index is 5.92. The van der Waals surface area contributed by atoms with Gasteiger partial charge < -0.3 is 5.73 Å². The van der Waals surface area contributed by atoms with Gasteiger partial charge in [0.25, 0.3) is 0 Å². The van der Waals surface area contributed by atoms with E-state index in [-0.39, 0.29) is 6.04 Å². The van der Waals surface area contributed by atoms with Gasteiger partial charge >= 0.3 is 0 Å². The third kappa shape index (κ3) is 2.46. The van der Waals surface area contributed by atoms with Crippen molar-refractivity contribution >= 4 is 15.9 Å². The number of nitrogens with two attached hydrogens (primary N) is 1. The first kappa shape index (κ1) is 13.2. The Bertz CT molecular complexity index is 544. The SMILES string of the molecule is CCC(N)c1cn(Cc2c(Br)c(C)nn2C)nn1. The van der Waals surface area contributed by atoms with Crippen LogP contribution in [0.1, 0.15) is 36.5 Å². The number of aromatic nitrogens is 5. The van der Waals surface area contributed by atoms with Gasteiger partial charge in [0.2, 0.25) is 0 Å². The highest BCUT2D eigenvalue weighted by atomic mass is 79.9. The summed E-state index contributed by atoms with van der Waals surface area (Å²) in [5.74, 6) is 0. The molecule has 0 bridgehead atoms. The molecule has 0 radical (unpaired) electrons. The Morgan fingerprint density at radius 2 is 2.22 bits per heavy atom. The molecule has 6 nitrogen and oxygen atoms in total. The Kier molecular flexibility index (Phi) is 3.82. The van der Waals surface area contributed by atoms with E-state index in [0.717, 1.165) is 28.0 Å². The highest BCUT2D eigenvalue weighted by Crippen LogP contribution is 2.21. The van der Waals surface area contributed by atoms with Gasteiger partial charge in [0.15, 0.2) is 0 Å². The van der Waals surface area contributed by atoms with Crippen LogP contribution >= 0.6 is 15.9 Å². The molecule has 0 amide bonds. The molecule has 0 fully saturated rings. The number of rotatable bonds is 4. The molecule has 2 heterocycles. The Hall–Kier alpha value is -1.21. The molecule has 1 unspecified atom stereocenters. The maximum Gasteiger partial charge on any atom is 0.0994 e. The van der Waals surface area contributed by atoms with Gasteiger partial charge in [-0.05, 0) is 29.3 Å². The Labute approximate surface area is 114 Å². The summed E-state index contributed by atoms with van der Waals surface area (Å²) in [5.41, 5.74) is 8.78. The van der Waals surface area contributed by atoms with Gasteiger partial charge in [-0.15, -0.1) is 5.10 Å². The summed E-state index contributed by atoms with van der Waals surface area (Å²) >= 11 is 3.54. The van der Waals surface area contributed by atoms with Gasteiger partial charge in [-0.25, -0.2) is 4.68 Å². The largest absolute Gasteiger partial charge is 0.323 e. The third-order valence-electron chi connectivity index (χ3n) is 2.95. The maximum atomic E-state index is 5.92. The molecule has 1 atom stereocenters. The van der Waals surface area contributed by atoms with Crippen molar-refractivity contribution < 1.29 is 0 Å². The second kappa shape index (κ2) is 5.19. The topological polar surface area (TPSA) is 74.6 Å². The number of hydrogen-bond donors (Lipinski definition) is 1. The van der Waals surface area contributed by atoms with Crippen molar-refractivity contribution in [3.05, 3.63) is 27.8 Å². The zero-order chi connectivity index (χ0) is 13.3. The predicted octanol–water partition coefficient (Wildman–Crippen LogP) is 1.54. The Morgan fingerprint density at radius 3 is 2.78 bits per heavy atom. The van der Waals surface area contributed by atoms with Crippen molar-refractivity contribution in [2.45, 2.75) is 32.9 Å². The molecule has 0 aliphatic rings. The van der Waals surface area contributed by atoms with Crippen molar-refractivity contribution in [1.82, 2.24) is 24.8 Å². The lowest BCUT2D eigenvalue weighted by Gasteiger charge is -2.03. The van der Waals surface area contributed by atoms with E-state index < -0.39 is 0 Å². The zero-order valence-corrected chi connectivity index (χ0v) is 12.3. The average Bonchev–Trinajstić information content (AvgIpc) is 2.90. The van der Waals surface area contributed by atoms with Crippen LogP contribution in [0.15, 0.2) is 10.7 Å². The smallest absolute Gasteiger partial charge is 0.0994 e. The van der Waals surface area contributed by atoms with Crippen LogP contribution in [0, 0.1) is 6.92 Å². The second-order valence-corrected chi connectivity index (χ2v) is 5.12. The van der Waals surface area contributed by atoms with Gasteiger partial charge in [0.05, 0.1) is 40.3 Å². The van der Waals surface area contributed by atoms with Crippen LogP contribution in [0.4, 0.5) is 0 Å². The highest BCUT2D eigenvalue weighted by Gasteiger charge is 2.13. The number of nitrogens with zero attached hydrogens (tertiary/aromatic N) is 5. The number of aryl methyl sites for hydroxylation is 2. The normalized spacial score (nSPS) is 12.9. The minimum atomic E-state index is -0.0459. The first-order valence-electron chi connectivity index (χ1n) is 5.86. The quantitative estimate of drug-likeness (QED) is 0.929. The number of halogens is 1. The van der Waals surface area contributed by atoms with E-state index in [0.29, 0.717) is 6.54 Å². The molecular weight excluding hydrogens is 296 g/mol. The molecule has 2 aromatic rings. The highest BCUT2D eigenvalue weighted by molar-refractivity contribution is 9.10. The van der Waals surface area contributed by atoms with Gasteiger partial charge in [-0.3, -0.25) is 4.68 Å². The van der Waals surface area contributed by atoms with Gasteiger partial charge in [-0.2, -0.15) is 5.10 Å². The molecule has 0 aliphatic heterocycles. The molecule has 0 saturated heterocycles. The summed E-state index contributed by atoms with van der Waals surface area (Å²) < 4.78 is 4.65. The molecule has 0 aromatic carbocycles. The van der Waals surface area contributed by atoms with Crippen molar-refractivity contribution in [3.8, 4) is 0 Å². The molecule has 2 rings (SSSR count). The lowest BCUT2D eigenvalue weighted by molar-refractivity contribution is 0.597. The van der Waals surface area contributed by atoms with E-state index in [2.05, 4.69) is 31.3 Å². The first-order chi connectivity index (χ1) is 8.52. The van der Waals surface area contributed by atoms with Crippen LogP contribution < -0.4 is 5.73 Å². The number of hydrogen-bond acceptors (Lipinski definition) is 4. The van der Waals surface area contributed by atoms with Crippen LogP contribution in [0.25, 0.3) is 0 Å². The zero-order valence-electron chi connectivity index (χ0n) is 10.8. The van der Waals surface area contributed by atoms with Crippen LogP contribution in [-0.4, -0.2) is 24.8 Å². The van der Waals surface area contributed by atoms with E-state index in [1.54, 1.807) is 4.68 Å². The summed E-state index contributed by atoms with van der Waals surface area (Å²) in [6.45, 7) is 4.62. The first-order valence-corrected chi connectivity index (χ1v) is 6.65. The van der Waals surface area contributed by atoms with E-state index in [1.165, 1.54) is 0 Å². The lowest BCUT2D eigenvalue weighted by Crippen LogP contribution is -2.09. The standard InChI is InChI=1S/C11H17BrN6/c1-4-8(13)9-5-18(16-14-9)6-10-11(12)7(2)15-17(10)3/h5,8H,4,6,13H2,1-3H3. The summed E-state index contributed by atoms with van der Waals surface area (Å²) in [7, 11) is 1.92. The average molecular weight is 313 g/mol. The van der Waals surface area contributed by atoms with Crippen LogP contribution in [0.2, 0.25) is 0 Å².